The van der Waals surface area contributed by atoms with Crippen LogP contribution in [-0.4, -0.2) is 37.0 Å². The van der Waals surface area contributed by atoms with Crippen molar-refractivity contribution in [1.29, 1.82) is 0 Å². The normalized spacial score (nSPS) is 16.7. The second-order valence-corrected chi connectivity index (χ2v) is 10.3. The highest BCUT2D eigenvalue weighted by Gasteiger charge is 2.47. The van der Waals surface area contributed by atoms with Crippen molar-refractivity contribution < 1.29 is 19.4 Å². The topological polar surface area (TPSA) is 70.1 Å². The summed E-state index contributed by atoms with van der Waals surface area (Å²) in [5.74, 6) is -0.681. The van der Waals surface area contributed by atoms with Gasteiger partial charge in [-0.05, 0) is 92.3 Å². The molecule has 0 radical (unpaired) electrons. The van der Waals surface area contributed by atoms with Crippen LogP contribution in [0.1, 0.15) is 67.5 Å². The van der Waals surface area contributed by atoms with Crippen LogP contribution >= 0.6 is 0 Å². The number of ketones is 1. The fraction of sp³-hybridized carbons (Fsp3) is 0.333. The van der Waals surface area contributed by atoms with Gasteiger partial charge < -0.3 is 14.7 Å². The summed E-state index contributed by atoms with van der Waals surface area (Å²) in [6.45, 7) is 13.9. The second kappa shape index (κ2) is 11.4. The predicted octanol–water partition coefficient (Wildman–Crippen LogP) is 6.91. The lowest BCUT2D eigenvalue weighted by atomic mass is 9.91. The molecule has 1 aliphatic heterocycles. The lowest BCUT2D eigenvalue weighted by Gasteiger charge is -2.27. The number of aliphatic hydroxyl groups excluding tert-OH is 1. The van der Waals surface area contributed by atoms with Crippen molar-refractivity contribution in [2.75, 3.05) is 30.0 Å². The average molecular weight is 527 g/mol. The van der Waals surface area contributed by atoms with E-state index in [1.54, 1.807) is 7.11 Å². The molecule has 3 aromatic rings. The maximum absolute atomic E-state index is 13.7. The lowest BCUT2D eigenvalue weighted by molar-refractivity contribution is -0.132. The van der Waals surface area contributed by atoms with E-state index in [1.165, 1.54) is 4.90 Å². The molecule has 3 aromatic carbocycles. The number of carbonyl (C=O) groups excluding carboxylic acids is 2. The van der Waals surface area contributed by atoms with E-state index in [0.717, 1.165) is 46.8 Å². The van der Waals surface area contributed by atoms with Gasteiger partial charge in [0.25, 0.3) is 11.7 Å². The van der Waals surface area contributed by atoms with Gasteiger partial charge in [-0.3, -0.25) is 14.5 Å². The number of aryl methyl sites for hydroxylation is 2. The molecule has 1 unspecified atom stereocenters. The predicted molar refractivity (Wildman–Crippen MR) is 158 cm³/mol. The highest BCUT2D eigenvalue weighted by molar-refractivity contribution is 6.51. The van der Waals surface area contributed by atoms with Gasteiger partial charge in [0.1, 0.15) is 11.5 Å². The first-order chi connectivity index (χ1) is 18.6. The Kier molecular flexibility index (Phi) is 8.14. The Hall–Kier alpha value is -4.06. The molecule has 0 aliphatic carbocycles. The van der Waals surface area contributed by atoms with Crippen molar-refractivity contribution in [2.24, 2.45) is 0 Å². The quantitative estimate of drug-likeness (QED) is 0.196. The summed E-state index contributed by atoms with van der Waals surface area (Å²) in [6, 6.07) is 18.4. The molecule has 0 spiro atoms. The molecule has 6 heteroatoms. The van der Waals surface area contributed by atoms with Crippen LogP contribution in [0.5, 0.6) is 5.75 Å². The van der Waals surface area contributed by atoms with Crippen LogP contribution in [0.4, 0.5) is 11.4 Å². The van der Waals surface area contributed by atoms with Crippen LogP contribution in [0.15, 0.2) is 66.2 Å². The fourth-order valence-corrected chi connectivity index (χ4v) is 5.37. The Bertz CT molecular complexity index is 1420. The molecular weight excluding hydrogens is 488 g/mol. The number of aliphatic hydroxyl groups is 1. The summed E-state index contributed by atoms with van der Waals surface area (Å²) in [5.41, 5.74) is 5.67. The zero-order chi connectivity index (χ0) is 28.4. The van der Waals surface area contributed by atoms with Gasteiger partial charge in [-0.25, -0.2) is 0 Å². The van der Waals surface area contributed by atoms with Crippen LogP contribution in [0.2, 0.25) is 0 Å². The van der Waals surface area contributed by atoms with Gasteiger partial charge in [0, 0.05) is 30.0 Å². The van der Waals surface area contributed by atoms with Crippen LogP contribution in [0, 0.1) is 13.8 Å². The molecule has 1 amide bonds. The largest absolute Gasteiger partial charge is 0.507 e. The third kappa shape index (κ3) is 5.16. The number of nitrogens with zero attached hydrogens (tertiary/aromatic N) is 2. The van der Waals surface area contributed by atoms with E-state index in [4.69, 9.17) is 4.74 Å². The number of amides is 1. The maximum atomic E-state index is 13.7. The molecule has 1 aliphatic rings. The number of benzene rings is 3. The highest BCUT2D eigenvalue weighted by Crippen LogP contribution is 2.44. The van der Waals surface area contributed by atoms with Gasteiger partial charge in [-0.15, -0.1) is 0 Å². The third-order valence-electron chi connectivity index (χ3n) is 7.52. The third-order valence-corrected chi connectivity index (χ3v) is 7.52. The van der Waals surface area contributed by atoms with E-state index >= 15 is 0 Å². The maximum Gasteiger partial charge on any atom is 0.300 e. The number of methoxy groups -OCH3 is 1. The van der Waals surface area contributed by atoms with Gasteiger partial charge in [0.15, 0.2) is 0 Å². The first kappa shape index (κ1) is 28.0. The number of rotatable bonds is 8. The first-order valence-corrected chi connectivity index (χ1v) is 13.5. The van der Waals surface area contributed by atoms with E-state index in [-0.39, 0.29) is 17.3 Å². The lowest BCUT2D eigenvalue weighted by Crippen LogP contribution is -2.29. The summed E-state index contributed by atoms with van der Waals surface area (Å²) in [5, 5.41) is 11.8. The zero-order valence-electron chi connectivity index (χ0n) is 23.9. The van der Waals surface area contributed by atoms with E-state index in [0.29, 0.717) is 11.3 Å². The molecule has 6 nitrogen and oxygen atoms in total. The number of hydrogen-bond donors (Lipinski definition) is 1. The standard InChI is InChI=1S/C33H38N2O4/c1-8-34(9-2)24-15-13-23(14-16-24)30-29(32(37)33(38)35(30)25-12-10-11-21(5)17-25)31(36)27-19-26(20(3)4)28(39-7)18-22(27)6/h10-20,30,36H,8-9H2,1-7H3/b31-29+. The second-order valence-electron chi connectivity index (χ2n) is 10.3. The minimum Gasteiger partial charge on any atom is -0.507 e. The Morgan fingerprint density at radius 1 is 1.00 bits per heavy atom. The van der Waals surface area contributed by atoms with Crippen molar-refractivity contribution in [2.45, 2.75) is 53.5 Å². The molecule has 1 heterocycles. The van der Waals surface area contributed by atoms with Crippen molar-refractivity contribution in [3.63, 3.8) is 0 Å². The first-order valence-electron chi connectivity index (χ1n) is 13.5. The summed E-state index contributed by atoms with van der Waals surface area (Å²) in [7, 11) is 1.62. The van der Waals surface area contributed by atoms with Crippen molar-refractivity contribution >= 4 is 28.8 Å². The molecule has 1 N–H and O–H groups in total. The number of carbonyl (C=O) groups is 2. The minimum atomic E-state index is -0.776. The smallest absolute Gasteiger partial charge is 0.300 e. The number of hydrogen-bond acceptors (Lipinski definition) is 5. The molecule has 1 fully saturated rings. The Morgan fingerprint density at radius 2 is 1.67 bits per heavy atom. The molecular formula is C33H38N2O4. The van der Waals surface area contributed by atoms with Crippen molar-refractivity contribution in [1.82, 2.24) is 0 Å². The minimum absolute atomic E-state index is 0.0834. The van der Waals surface area contributed by atoms with Gasteiger partial charge >= 0.3 is 0 Å². The molecule has 39 heavy (non-hydrogen) atoms. The van der Waals surface area contributed by atoms with Gasteiger partial charge in [0.05, 0.1) is 18.7 Å². The Balaban J connectivity index is 1.96. The van der Waals surface area contributed by atoms with E-state index in [1.807, 2.05) is 88.4 Å². The average Bonchev–Trinajstić information content (AvgIpc) is 3.19. The molecule has 204 valence electrons. The monoisotopic (exact) mass is 526 g/mol. The van der Waals surface area contributed by atoms with Gasteiger partial charge in [-0.1, -0.05) is 38.1 Å². The Labute approximate surface area is 231 Å². The summed E-state index contributed by atoms with van der Waals surface area (Å²) < 4.78 is 5.58. The number of anilines is 2. The summed E-state index contributed by atoms with van der Waals surface area (Å²) in [6.07, 6.45) is 0. The fourth-order valence-electron chi connectivity index (χ4n) is 5.37. The Morgan fingerprint density at radius 3 is 2.23 bits per heavy atom. The molecule has 0 aromatic heterocycles. The summed E-state index contributed by atoms with van der Waals surface area (Å²) in [4.78, 5) is 31.0. The van der Waals surface area contributed by atoms with Gasteiger partial charge in [0.2, 0.25) is 0 Å². The number of ether oxygens (including phenoxy) is 1. The van der Waals surface area contributed by atoms with Crippen LogP contribution in [0.25, 0.3) is 5.76 Å². The van der Waals surface area contributed by atoms with Crippen LogP contribution < -0.4 is 14.5 Å². The highest BCUT2D eigenvalue weighted by atomic mass is 16.5. The van der Waals surface area contributed by atoms with E-state index < -0.39 is 17.7 Å². The van der Waals surface area contributed by atoms with E-state index in [2.05, 4.69) is 18.7 Å². The van der Waals surface area contributed by atoms with Crippen LogP contribution in [0.3, 0.4) is 0 Å². The summed E-state index contributed by atoms with van der Waals surface area (Å²) >= 11 is 0. The molecule has 1 atom stereocenters. The molecule has 4 rings (SSSR count). The van der Waals surface area contributed by atoms with Gasteiger partial charge in [-0.2, -0.15) is 0 Å². The zero-order valence-corrected chi connectivity index (χ0v) is 23.9. The van der Waals surface area contributed by atoms with E-state index in [9.17, 15) is 14.7 Å². The molecule has 0 saturated carbocycles. The van der Waals surface area contributed by atoms with Crippen molar-refractivity contribution in [3.8, 4) is 5.75 Å². The SMILES string of the molecule is CCN(CC)c1ccc(C2/C(=C(\O)c3cc(C(C)C)c(OC)cc3C)C(=O)C(=O)N2c2cccc(C)c2)cc1. The van der Waals surface area contributed by atoms with Crippen LogP contribution in [-0.2, 0) is 9.59 Å². The molecule has 0 bridgehead atoms. The van der Waals surface area contributed by atoms with Crippen molar-refractivity contribution in [3.05, 3.63) is 94.1 Å². The number of Topliss-reactive ketones (excluding diaryl/α,β-unsaturated/α-hetero) is 1. The molecule has 1 saturated heterocycles.